The van der Waals surface area contributed by atoms with Crippen molar-refractivity contribution in [2.45, 2.75) is 50.8 Å². The maximum Gasteiger partial charge on any atom is 0.418 e. The number of hydrogen-bond acceptors (Lipinski definition) is 3. The molecule has 8 heteroatoms. The molecule has 148 valence electrons. The van der Waals surface area contributed by atoms with Crippen molar-refractivity contribution in [3.63, 3.8) is 0 Å². The van der Waals surface area contributed by atoms with E-state index in [9.17, 15) is 13.2 Å². The van der Waals surface area contributed by atoms with Crippen LogP contribution >= 0.6 is 0 Å². The molecule has 1 unspecified atom stereocenters. The lowest BCUT2D eigenvalue weighted by molar-refractivity contribution is -0.253. The highest BCUT2D eigenvalue weighted by Gasteiger charge is 2.59. The third-order valence-corrected chi connectivity index (χ3v) is 5.61. The molecule has 1 fully saturated rings. The van der Waals surface area contributed by atoms with Gasteiger partial charge in [-0.05, 0) is 38.0 Å². The summed E-state index contributed by atoms with van der Waals surface area (Å²) in [5, 5.41) is 4.50. The summed E-state index contributed by atoms with van der Waals surface area (Å²) in [5.41, 5.74) is -1.02. The first-order valence-corrected chi connectivity index (χ1v) is 12.6. The smallest absolute Gasteiger partial charge is 0.402 e. The molecule has 0 aliphatic carbocycles. The van der Waals surface area contributed by atoms with E-state index in [0.717, 1.165) is 5.56 Å². The molecule has 2 aromatic rings. The zero-order valence-electron chi connectivity index (χ0n) is 16.0. The van der Waals surface area contributed by atoms with Crippen molar-refractivity contribution in [1.82, 2.24) is 9.78 Å². The van der Waals surface area contributed by atoms with E-state index >= 15 is 0 Å². The number of piperidine rings is 1. The van der Waals surface area contributed by atoms with Gasteiger partial charge >= 0.3 is 6.18 Å². The first-order chi connectivity index (χ1) is 12.6. The Morgan fingerprint density at radius 2 is 1.85 bits per heavy atom. The molecule has 1 aromatic heterocycles. The Labute approximate surface area is 159 Å². The fraction of sp³-hybridized carbons (Fsp3) is 0.526. The van der Waals surface area contributed by atoms with E-state index in [2.05, 4.69) is 5.10 Å². The first-order valence-electron chi connectivity index (χ1n) is 9.17. The molecule has 3 rings (SSSR count). The van der Waals surface area contributed by atoms with Gasteiger partial charge < -0.3 is 9.33 Å². The monoisotopic (exact) mass is 397 g/mol. The van der Waals surface area contributed by atoms with Crippen LogP contribution in [0.15, 0.2) is 42.6 Å². The van der Waals surface area contributed by atoms with Gasteiger partial charge in [-0.15, -0.1) is 0 Å². The SMILES string of the molecule is C[Si](C)(C)OC1(C(F)(F)F)CCCN(c2ccn(Cc3ccccc3)n2)C1. The molecule has 2 heterocycles. The predicted octanol–water partition coefficient (Wildman–Crippen LogP) is 4.68. The summed E-state index contributed by atoms with van der Waals surface area (Å²) in [6, 6.07) is 11.6. The third kappa shape index (κ3) is 4.73. The topological polar surface area (TPSA) is 30.3 Å². The highest BCUT2D eigenvalue weighted by molar-refractivity contribution is 6.69. The standard InChI is InChI=1S/C19H26F3N3OSi/c1-27(2,3)26-18(19(20,21)22)11-7-12-24(15-18)17-10-13-25(23-17)14-16-8-5-4-6-9-16/h4-6,8-10,13H,7,11-12,14-15H2,1-3H3. The van der Waals surface area contributed by atoms with Gasteiger partial charge in [0.25, 0.3) is 0 Å². The van der Waals surface area contributed by atoms with Crippen LogP contribution in [0.25, 0.3) is 0 Å². The highest BCUT2D eigenvalue weighted by Crippen LogP contribution is 2.43. The number of anilines is 1. The summed E-state index contributed by atoms with van der Waals surface area (Å²) in [7, 11) is -2.38. The fourth-order valence-electron chi connectivity index (χ4n) is 3.55. The molecule has 0 amide bonds. The zero-order chi connectivity index (χ0) is 19.7. The lowest BCUT2D eigenvalue weighted by atomic mass is 9.92. The molecule has 0 radical (unpaired) electrons. The number of rotatable bonds is 5. The van der Waals surface area contributed by atoms with Crippen LogP contribution in [0.2, 0.25) is 19.6 Å². The molecule has 0 saturated carbocycles. The number of aromatic nitrogens is 2. The molecule has 1 aliphatic rings. The molecule has 4 nitrogen and oxygen atoms in total. The highest BCUT2D eigenvalue weighted by atomic mass is 28.4. The van der Waals surface area contributed by atoms with Gasteiger partial charge in [-0.3, -0.25) is 4.68 Å². The van der Waals surface area contributed by atoms with Crippen molar-refractivity contribution in [2.75, 3.05) is 18.0 Å². The van der Waals surface area contributed by atoms with Gasteiger partial charge in [-0.25, -0.2) is 0 Å². The van der Waals surface area contributed by atoms with E-state index < -0.39 is 20.1 Å². The van der Waals surface area contributed by atoms with Crippen LogP contribution in [-0.2, 0) is 11.0 Å². The number of alkyl halides is 3. The van der Waals surface area contributed by atoms with Crippen LogP contribution in [0.1, 0.15) is 18.4 Å². The maximum atomic E-state index is 14.0. The summed E-state index contributed by atoms with van der Waals surface area (Å²) in [6.07, 6.45) is -2.17. The van der Waals surface area contributed by atoms with Crippen LogP contribution in [0.4, 0.5) is 19.0 Å². The Morgan fingerprint density at radius 3 is 2.48 bits per heavy atom. The average Bonchev–Trinajstić information content (AvgIpc) is 3.02. The summed E-state index contributed by atoms with van der Waals surface area (Å²) in [6.45, 7) is 6.33. The molecule has 27 heavy (non-hydrogen) atoms. The minimum atomic E-state index is -4.40. The predicted molar refractivity (Wildman–Crippen MR) is 102 cm³/mol. The molecule has 0 spiro atoms. The van der Waals surface area contributed by atoms with Gasteiger partial charge in [0.1, 0.15) is 0 Å². The Bertz CT molecular complexity index is 758. The molecule has 1 saturated heterocycles. The van der Waals surface area contributed by atoms with E-state index in [1.807, 2.05) is 36.5 Å². The third-order valence-electron chi connectivity index (χ3n) is 4.61. The van der Waals surface area contributed by atoms with Gasteiger partial charge in [0, 0.05) is 18.8 Å². The minimum absolute atomic E-state index is 0.00198. The van der Waals surface area contributed by atoms with Crippen molar-refractivity contribution in [1.29, 1.82) is 0 Å². The van der Waals surface area contributed by atoms with Gasteiger partial charge in [0.2, 0.25) is 0 Å². The van der Waals surface area contributed by atoms with Gasteiger partial charge in [-0.1, -0.05) is 30.3 Å². The van der Waals surface area contributed by atoms with E-state index in [-0.39, 0.29) is 13.0 Å². The Hall–Kier alpha value is -1.80. The Kier molecular flexibility index (Phi) is 5.40. The van der Waals surface area contributed by atoms with Gasteiger partial charge in [-0.2, -0.15) is 18.3 Å². The zero-order valence-corrected chi connectivity index (χ0v) is 17.0. The molecule has 1 aliphatic heterocycles. The minimum Gasteiger partial charge on any atom is -0.402 e. The second-order valence-electron chi connectivity index (χ2n) is 8.09. The van der Waals surface area contributed by atoms with Crippen LogP contribution in [0, 0.1) is 0 Å². The number of hydrogen-bond donors (Lipinski definition) is 0. The molecule has 0 N–H and O–H groups in total. The van der Waals surface area contributed by atoms with Crippen LogP contribution < -0.4 is 4.90 Å². The maximum absolute atomic E-state index is 14.0. The lowest BCUT2D eigenvalue weighted by Gasteiger charge is -2.46. The summed E-state index contributed by atoms with van der Waals surface area (Å²) < 4.78 is 49.3. The Morgan fingerprint density at radius 1 is 1.15 bits per heavy atom. The van der Waals surface area contributed by atoms with Crippen molar-refractivity contribution in [3.05, 3.63) is 48.2 Å². The second kappa shape index (κ2) is 7.31. The van der Waals surface area contributed by atoms with Gasteiger partial charge in [0.15, 0.2) is 19.7 Å². The van der Waals surface area contributed by atoms with Gasteiger partial charge in [0.05, 0.1) is 13.1 Å². The van der Waals surface area contributed by atoms with Crippen molar-refractivity contribution >= 4 is 14.1 Å². The molecular weight excluding hydrogens is 371 g/mol. The van der Waals surface area contributed by atoms with Crippen LogP contribution in [-0.4, -0.2) is 43.0 Å². The number of benzene rings is 1. The summed E-state index contributed by atoms with van der Waals surface area (Å²) in [4.78, 5) is 1.71. The van der Waals surface area contributed by atoms with E-state index in [0.29, 0.717) is 25.3 Å². The van der Waals surface area contributed by atoms with Crippen LogP contribution in [0.5, 0.6) is 0 Å². The fourth-order valence-corrected chi connectivity index (χ4v) is 5.01. The van der Waals surface area contributed by atoms with E-state index in [1.165, 1.54) is 0 Å². The van der Waals surface area contributed by atoms with E-state index in [4.69, 9.17) is 4.43 Å². The number of halogens is 3. The lowest BCUT2D eigenvalue weighted by Crippen LogP contribution is -2.62. The molecule has 1 aromatic carbocycles. The molecule has 1 atom stereocenters. The quantitative estimate of drug-likeness (QED) is 0.686. The summed E-state index contributed by atoms with van der Waals surface area (Å²) in [5.74, 6) is 0.568. The van der Waals surface area contributed by atoms with Crippen LogP contribution in [0.3, 0.4) is 0 Å². The molecular formula is C19H26F3N3OSi. The normalized spacial score (nSPS) is 21.5. The second-order valence-corrected chi connectivity index (χ2v) is 12.5. The van der Waals surface area contributed by atoms with Crippen molar-refractivity contribution in [2.24, 2.45) is 0 Å². The largest absolute Gasteiger partial charge is 0.418 e. The van der Waals surface area contributed by atoms with Crippen molar-refractivity contribution < 1.29 is 17.6 Å². The number of nitrogens with zero attached hydrogens (tertiary/aromatic N) is 3. The average molecular weight is 398 g/mol. The van der Waals surface area contributed by atoms with Crippen molar-refractivity contribution in [3.8, 4) is 0 Å². The summed E-state index contributed by atoms with van der Waals surface area (Å²) >= 11 is 0. The Balaban J connectivity index is 1.79. The van der Waals surface area contributed by atoms with E-state index in [1.54, 1.807) is 35.3 Å². The first kappa shape index (κ1) is 19.9. The molecule has 0 bridgehead atoms.